The maximum atomic E-state index is 12.0. The van der Waals surface area contributed by atoms with E-state index in [4.69, 9.17) is 9.47 Å². The van der Waals surface area contributed by atoms with Crippen molar-refractivity contribution in [2.24, 2.45) is 7.05 Å². The van der Waals surface area contributed by atoms with Gasteiger partial charge in [-0.15, -0.1) is 10.2 Å². The first-order valence-electron chi connectivity index (χ1n) is 6.95. The third-order valence-corrected chi connectivity index (χ3v) is 4.04. The molecule has 0 radical (unpaired) electrons. The maximum absolute atomic E-state index is 12.0. The summed E-state index contributed by atoms with van der Waals surface area (Å²) >= 11 is 1.28. The number of carbonyl (C=O) groups is 1. The highest BCUT2D eigenvalue weighted by Crippen LogP contribution is 2.26. The molecule has 0 saturated carbocycles. The average molecular weight is 332 g/mol. The molecule has 0 spiro atoms. The fourth-order valence-corrected chi connectivity index (χ4v) is 2.91. The van der Waals surface area contributed by atoms with Gasteiger partial charge in [-0.2, -0.15) is 0 Å². The molecule has 7 nitrogen and oxygen atoms in total. The lowest BCUT2D eigenvalue weighted by Crippen LogP contribution is -2.20. The van der Waals surface area contributed by atoms with Crippen LogP contribution < -0.4 is 10.1 Å². The first kappa shape index (κ1) is 15.4. The predicted octanol–water partition coefficient (Wildman–Crippen LogP) is 2.19. The van der Waals surface area contributed by atoms with Crippen LogP contribution in [0, 0.1) is 0 Å². The first-order chi connectivity index (χ1) is 11.2. The van der Waals surface area contributed by atoms with Gasteiger partial charge >= 0.3 is 0 Å². The summed E-state index contributed by atoms with van der Waals surface area (Å²) < 4.78 is 12.6. The first-order valence-corrected chi connectivity index (χ1v) is 7.77. The fourth-order valence-electron chi connectivity index (χ4n) is 2.18. The Morgan fingerprint density at radius 3 is 3.04 bits per heavy atom. The normalized spacial score (nSPS) is 10.9. The highest BCUT2D eigenvalue weighted by Gasteiger charge is 2.10. The summed E-state index contributed by atoms with van der Waals surface area (Å²) in [6.45, 7) is 0.285. The predicted molar refractivity (Wildman–Crippen MR) is 87.7 cm³/mol. The minimum Gasteiger partial charge on any atom is -0.483 e. The highest BCUT2D eigenvalue weighted by atomic mass is 32.1. The van der Waals surface area contributed by atoms with Crippen LogP contribution in [0.4, 0.5) is 5.13 Å². The van der Waals surface area contributed by atoms with Crippen LogP contribution in [0.5, 0.6) is 5.75 Å². The van der Waals surface area contributed by atoms with Crippen LogP contribution in [-0.2, 0) is 23.2 Å². The average Bonchev–Trinajstić information content (AvgIpc) is 3.13. The molecule has 23 heavy (non-hydrogen) atoms. The summed E-state index contributed by atoms with van der Waals surface area (Å²) in [6.07, 6.45) is 1.95. The lowest BCUT2D eigenvalue weighted by Gasteiger charge is -2.07. The van der Waals surface area contributed by atoms with Gasteiger partial charge < -0.3 is 14.0 Å². The topological polar surface area (TPSA) is 78.3 Å². The zero-order chi connectivity index (χ0) is 16.2. The second-order valence-electron chi connectivity index (χ2n) is 4.89. The van der Waals surface area contributed by atoms with Gasteiger partial charge in [0.1, 0.15) is 17.4 Å². The Morgan fingerprint density at radius 2 is 2.22 bits per heavy atom. The van der Waals surface area contributed by atoms with E-state index in [1.165, 1.54) is 11.3 Å². The molecular weight excluding hydrogens is 316 g/mol. The van der Waals surface area contributed by atoms with E-state index in [1.54, 1.807) is 7.11 Å². The third-order valence-electron chi connectivity index (χ3n) is 3.23. The van der Waals surface area contributed by atoms with E-state index in [2.05, 4.69) is 15.5 Å². The molecule has 1 amide bonds. The Kier molecular flexibility index (Phi) is 4.54. The molecule has 0 aliphatic heterocycles. The molecule has 0 aliphatic rings. The van der Waals surface area contributed by atoms with Gasteiger partial charge in [-0.25, -0.2) is 0 Å². The van der Waals surface area contributed by atoms with Gasteiger partial charge in [0, 0.05) is 25.7 Å². The number of aromatic nitrogens is 3. The quantitative estimate of drug-likeness (QED) is 0.749. The number of nitrogens with zero attached hydrogens (tertiary/aromatic N) is 3. The van der Waals surface area contributed by atoms with Crippen LogP contribution in [0.15, 0.2) is 30.5 Å². The summed E-state index contributed by atoms with van der Waals surface area (Å²) in [5.41, 5.74) is 1.05. The summed E-state index contributed by atoms with van der Waals surface area (Å²) in [4.78, 5) is 12.0. The number of benzene rings is 1. The van der Waals surface area contributed by atoms with Gasteiger partial charge in [-0.05, 0) is 18.2 Å². The number of rotatable bonds is 6. The Hall–Kier alpha value is -2.45. The summed E-state index contributed by atoms with van der Waals surface area (Å²) in [5, 5.41) is 12.6. The van der Waals surface area contributed by atoms with E-state index >= 15 is 0 Å². The van der Waals surface area contributed by atoms with Gasteiger partial charge in [0.25, 0.3) is 5.91 Å². The molecule has 1 N–H and O–H groups in total. The number of fused-ring (bicyclic) bond motifs is 1. The number of aryl methyl sites for hydroxylation is 1. The van der Waals surface area contributed by atoms with Crippen molar-refractivity contribution in [2.45, 2.75) is 6.61 Å². The smallest absolute Gasteiger partial charge is 0.264 e. The van der Waals surface area contributed by atoms with Crippen molar-refractivity contribution in [2.75, 3.05) is 19.0 Å². The van der Waals surface area contributed by atoms with Crippen LogP contribution in [-0.4, -0.2) is 34.4 Å². The molecule has 2 heterocycles. The molecule has 0 aliphatic carbocycles. The summed E-state index contributed by atoms with van der Waals surface area (Å²) in [6, 6.07) is 7.71. The highest BCUT2D eigenvalue weighted by molar-refractivity contribution is 7.15. The van der Waals surface area contributed by atoms with Crippen LogP contribution >= 0.6 is 11.3 Å². The lowest BCUT2D eigenvalue weighted by atomic mass is 10.2. The third kappa shape index (κ3) is 3.49. The number of carbonyl (C=O) groups excluding carboxylic acids is 1. The van der Waals surface area contributed by atoms with Crippen molar-refractivity contribution >= 4 is 33.3 Å². The second-order valence-corrected chi connectivity index (χ2v) is 5.95. The Balaban J connectivity index is 1.61. The van der Waals surface area contributed by atoms with Crippen molar-refractivity contribution in [1.29, 1.82) is 0 Å². The molecule has 1 aromatic carbocycles. The molecule has 0 fully saturated rings. The Morgan fingerprint density at radius 1 is 1.35 bits per heavy atom. The molecule has 120 valence electrons. The summed E-state index contributed by atoms with van der Waals surface area (Å²) in [7, 11) is 3.55. The van der Waals surface area contributed by atoms with Crippen molar-refractivity contribution in [3.05, 3.63) is 35.5 Å². The van der Waals surface area contributed by atoms with Gasteiger partial charge in [0.15, 0.2) is 6.61 Å². The fraction of sp³-hybridized carbons (Fsp3) is 0.267. The van der Waals surface area contributed by atoms with Gasteiger partial charge in [-0.1, -0.05) is 17.4 Å². The molecule has 3 rings (SSSR count). The second kappa shape index (κ2) is 6.76. The number of hydrogen-bond acceptors (Lipinski definition) is 6. The van der Waals surface area contributed by atoms with E-state index in [9.17, 15) is 4.79 Å². The van der Waals surface area contributed by atoms with Crippen LogP contribution in [0.1, 0.15) is 5.01 Å². The van der Waals surface area contributed by atoms with Gasteiger partial charge in [-0.3, -0.25) is 10.1 Å². The molecule has 0 atom stereocenters. The van der Waals surface area contributed by atoms with E-state index in [-0.39, 0.29) is 12.5 Å². The van der Waals surface area contributed by atoms with E-state index in [0.29, 0.717) is 22.5 Å². The van der Waals surface area contributed by atoms with E-state index in [1.807, 2.05) is 42.1 Å². The minimum absolute atomic E-state index is 0.0901. The number of anilines is 1. The number of amides is 1. The SMILES string of the molecule is COCc1nnc(NC(=O)COc2cccc3c2ccn3C)s1. The molecule has 8 heteroatoms. The number of nitrogens with one attached hydrogen (secondary N) is 1. The van der Waals surface area contributed by atoms with Gasteiger partial charge in [0.2, 0.25) is 5.13 Å². The van der Waals surface area contributed by atoms with Crippen molar-refractivity contribution < 1.29 is 14.3 Å². The van der Waals surface area contributed by atoms with Crippen molar-refractivity contribution in [3.8, 4) is 5.75 Å². The Bertz CT molecular complexity index is 827. The molecule has 0 bridgehead atoms. The van der Waals surface area contributed by atoms with E-state index < -0.39 is 0 Å². The van der Waals surface area contributed by atoms with Crippen LogP contribution in [0.3, 0.4) is 0 Å². The molecule has 2 aromatic heterocycles. The van der Waals surface area contributed by atoms with Crippen LogP contribution in [0.2, 0.25) is 0 Å². The Labute approximate surface area is 136 Å². The minimum atomic E-state index is -0.280. The number of methoxy groups -OCH3 is 1. The maximum Gasteiger partial charge on any atom is 0.264 e. The lowest BCUT2D eigenvalue weighted by molar-refractivity contribution is -0.118. The standard InChI is InChI=1S/C15H16N4O3S/c1-19-7-6-10-11(19)4-3-5-12(10)22-8-13(20)16-15-18-17-14(23-15)9-21-2/h3-7H,8-9H2,1-2H3,(H,16,18,20). The molecule has 0 saturated heterocycles. The monoisotopic (exact) mass is 332 g/mol. The molecular formula is C15H16N4O3S. The number of hydrogen-bond donors (Lipinski definition) is 1. The van der Waals surface area contributed by atoms with E-state index in [0.717, 1.165) is 10.9 Å². The zero-order valence-corrected chi connectivity index (χ0v) is 13.6. The van der Waals surface area contributed by atoms with Gasteiger partial charge in [0.05, 0.1) is 5.52 Å². The zero-order valence-electron chi connectivity index (χ0n) is 12.8. The largest absolute Gasteiger partial charge is 0.483 e. The van der Waals surface area contributed by atoms with Crippen molar-refractivity contribution in [1.82, 2.24) is 14.8 Å². The molecule has 3 aromatic rings. The number of ether oxygens (including phenoxy) is 2. The molecule has 0 unspecified atom stereocenters. The van der Waals surface area contributed by atoms with Crippen LogP contribution in [0.25, 0.3) is 10.9 Å². The van der Waals surface area contributed by atoms with Crippen molar-refractivity contribution in [3.63, 3.8) is 0 Å². The summed E-state index contributed by atoms with van der Waals surface area (Å²) in [5.74, 6) is 0.397.